The summed E-state index contributed by atoms with van der Waals surface area (Å²) in [5.41, 5.74) is 1.95. The van der Waals surface area contributed by atoms with Crippen LogP contribution in [0.3, 0.4) is 0 Å². The fourth-order valence-electron chi connectivity index (χ4n) is 1.96. The van der Waals surface area contributed by atoms with E-state index in [2.05, 4.69) is 17.6 Å². The van der Waals surface area contributed by atoms with Crippen molar-refractivity contribution in [1.29, 1.82) is 0 Å². The maximum Gasteiger partial charge on any atom is 0.221 e. The SMILES string of the molecule is CC(=O)Nc1ccsc1CN[C@H](C)c1ccccc1Cl. The molecule has 0 aliphatic heterocycles. The second kappa shape index (κ2) is 6.88. The maximum atomic E-state index is 11.1. The highest BCUT2D eigenvalue weighted by molar-refractivity contribution is 7.10. The summed E-state index contributed by atoms with van der Waals surface area (Å²) in [6.07, 6.45) is 0. The number of benzene rings is 1. The van der Waals surface area contributed by atoms with Gasteiger partial charge in [-0.15, -0.1) is 11.3 Å². The van der Waals surface area contributed by atoms with Gasteiger partial charge in [0.2, 0.25) is 5.91 Å². The Morgan fingerprint density at radius 2 is 2.10 bits per heavy atom. The summed E-state index contributed by atoms with van der Waals surface area (Å²) in [7, 11) is 0. The van der Waals surface area contributed by atoms with E-state index in [9.17, 15) is 4.79 Å². The van der Waals surface area contributed by atoms with Gasteiger partial charge in [0.1, 0.15) is 0 Å². The average molecular weight is 309 g/mol. The van der Waals surface area contributed by atoms with Crippen LogP contribution in [0, 0.1) is 0 Å². The van der Waals surface area contributed by atoms with Crippen LogP contribution in [0.2, 0.25) is 5.02 Å². The number of nitrogens with one attached hydrogen (secondary N) is 2. The lowest BCUT2D eigenvalue weighted by Gasteiger charge is -2.15. The average Bonchev–Trinajstić information content (AvgIpc) is 2.83. The van der Waals surface area contributed by atoms with Gasteiger partial charge in [-0.2, -0.15) is 0 Å². The molecule has 1 atom stereocenters. The Hall–Kier alpha value is -1.36. The monoisotopic (exact) mass is 308 g/mol. The molecule has 0 saturated carbocycles. The van der Waals surface area contributed by atoms with Crippen molar-refractivity contribution < 1.29 is 4.79 Å². The zero-order chi connectivity index (χ0) is 14.5. The number of thiophene rings is 1. The van der Waals surface area contributed by atoms with Gasteiger partial charge in [-0.1, -0.05) is 29.8 Å². The molecule has 0 aliphatic carbocycles. The third-order valence-electron chi connectivity index (χ3n) is 3.00. The van der Waals surface area contributed by atoms with E-state index in [-0.39, 0.29) is 11.9 Å². The number of hydrogen-bond acceptors (Lipinski definition) is 3. The summed E-state index contributed by atoms with van der Waals surface area (Å²) >= 11 is 7.81. The van der Waals surface area contributed by atoms with Crippen molar-refractivity contribution in [3.63, 3.8) is 0 Å². The summed E-state index contributed by atoms with van der Waals surface area (Å²) in [5, 5.41) is 9.00. The number of rotatable bonds is 5. The van der Waals surface area contributed by atoms with Crippen LogP contribution in [0.1, 0.15) is 30.3 Å². The van der Waals surface area contributed by atoms with Gasteiger partial charge < -0.3 is 10.6 Å². The van der Waals surface area contributed by atoms with Gasteiger partial charge in [0.25, 0.3) is 0 Å². The second-order valence-corrected chi connectivity index (χ2v) is 5.97. The first kappa shape index (κ1) is 15.0. The number of carbonyl (C=O) groups excluding carboxylic acids is 1. The zero-order valence-electron chi connectivity index (χ0n) is 11.4. The Kier molecular flexibility index (Phi) is 5.17. The highest BCUT2D eigenvalue weighted by atomic mass is 35.5. The van der Waals surface area contributed by atoms with Gasteiger partial charge in [-0.25, -0.2) is 0 Å². The summed E-state index contributed by atoms with van der Waals surface area (Å²) in [5.74, 6) is -0.0520. The number of halogens is 1. The fourth-order valence-corrected chi connectivity index (χ4v) is 3.04. The van der Waals surface area contributed by atoms with Crippen LogP contribution in [-0.2, 0) is 11.3 Å². The normalized spacial score (nSPS) is 12.2. The molecular formula is C15H17ClN2OS. The lowest BCUT2D eigenvalue weighted by Crippen LogP contribution is -2.19. The highest BCUT2D eigenvalue weighted by Crippen LogP contribution is 2.25. The molecule has 2 N–H and O–H groups in total. The van der Waals surface area contributed by atoms with Crippen LogP contribution >= 0.6 is 22.9 Å². The molecule has 106 valence electrons. The van der Waals surface area contributed by atoms with Crippen molar-refractivity contribution in [3.8, 4) is 0 Å². The Balaban J connectivity index is 2.00. The molecule has 1 aromatic carbocycles. The zero-order valence-corrected chi connectivity index (χ0v) is 13.0. The van der Waals surface area contributed by atoms with Crippen molar-refractivity contribution >= 4 is 34.5 Å². The molecule has 0 spiro atoms. The lowest BCUT2D eigenvalue weighted by atomic mass is 10.1. The van der Waals surface area contributed by atoms with Crippen LogP contribution in [0.4, 0.5) is 5.69 Å². The molecule has 2 rings (SSSR count). The summed E-state index contributed by atoms with van der Waals surface area (Å²) in [6.45, 7) is 4.29. The van der Waals surface area contributed by atoms with Crippen LogP contribution in [0.25, 0.3) is 0 Å². The van der Waals surface area contributed by atoms with Gasteiger partial charge in [-0.3, -0.25) is 4.79 Å². The van der Waals surface area contributed by atoms with Gasteiger partial charge >= 0.3 is 0 Å². The molecule has 0 aliphatic rings. The molecule has 1 aromatic heterocycles. The van der Waals surface area contributed by atoms with E-state index in [1.165, 1.54) is 6.92 Å². The Morgan fingerprint density at radius 1 is 1.35 bits per heavy atom. The summed E-state index contributed by atoms with van der Waals surface area (Å²) < 4.78 is 0. The van der Waals surface area contributed by atoms with Crippen LogP contribution in [-0.4, -0.2) is 5.91 Å². The van der Waals surface area contributed by atoms with E-state index in [4.69, 9.17) is 11.6 Å². The summed E-state index contributed by atoms with van der Waals surface area (Å²) in [4.78, 5) is 12.2. The number of carbonyl (C=O) groups is 1. The molecular weight excluding hydrogens is 292 g/mol. The van der Waals surface area contributed by atoms with Gasteiger partial charge in [0, 0.05) is 29.4 Å². The van der Waals surface area contributed by atoms with Gasteiger partial charge in [0.15, 0.2) is 0 Å². The Morgan fingerprint density at radius 3 is 2.80 bits per heavy atom. The van der Waals surface area contributed by atoms with E-state index >= 15 is 0 Å². The second-order valence-electron chi connectivity index (χ2n) is 4.56. The number of anilines is 1. The molecule has 5 heteroatoms. The van der Waals surface area contributed by atoms with E-state index in [1.807, 2.05) is 35.7 Å². The first-order valence-electron chi connectivity index (χ1n) is 6.39. The molecule has 3 nitrogen and oxygen atoms in total. The molecule has 0 saturated heterocycles. The lowest BCUT2D eigenvalue weighted by molar-refractivity contribution is -0.114. The topological polar surface area (TPSA) is 41.1 Å². The largest absolute Gasteiger partial charge is 0.325 e. The number of amides is 1. The molecule has 0 bridgehead atoms. The Labute approximate surface area is 128 Å². The first-order valence-corrected chi connectivity index (χ1v) is 7.65. The third kappa shape index (κ3) is 3.82. The number of hydrogen-bond donors (Lipinski definition) is 2. The molecule has 0 radical (unpaired) electrons. The Bertz CT molecular complexity index is 597. The maximum absolute atomic E-state index is 11.1. The van der Waals surface area contributed by atoms with Crippen molar-refractivity contribution in [2.24, 2.45) is 0 Å². The van der Waals surface area contributed by atoms with Crippen LogP contribution in [0.5, 0.6) is 0 Å². The minimum absolute atomic E-state index is 0.0520. The quantitative estimate of drug-likeness (QED) is 0.868. The molecule has 0 fully saturated rings. The fraction of sp³-hybridized carbons (Fsp3) is 0.267. The standard InChI is InChI=1S/C15H17ClN2OS/c1-10(12-5-3-4-6-13(12)16)17-9-15-14(7-8-20-15)18-11(2)19/h3-8,10,17H,9H2,1-2H3,(H,18,19)/t10-/m1/s1. The molecule has 20 heavy (non-hydrogen) atoms. The molecule has 1 amide bonds. The van der Waals surface area contributed by atoms with Crippen molar-refractivity contribution in [2.75, 3.05) is 5.32 Å². The minimum atomic E-state index is -0.0520. The van der Waals surface area contributed by atoms with Crippen molar-refractivity contribution in [3.05, 3.63) is 51.2 Å². The third-order valence-corrected chi connectivity index (χ3v) is 4.26. The minimum Gasteiger partial charge on any atom is -0.325 e. The first-order chi connectivity index (χ1) is 9.58. The molecule has 0 unspecified atom stereocenters. The van der Waals surface area contributed by atoms with E-state index in [0.717, 1.165) is 21.2 Å². The van der Waals surface area contributed by atoms with E-state index < -0.39 is 0 Å². The van der Waals surface area contributed by atoms with Crippen molar-refractivity contribution in [2.45, 2.75) is 26.4 Å². The predicted octanol–water partition coefficient (Wildman–Crippen LogP) is 4.21. The molecule has 1 heterocycles. The van der Waals surface area contributed by atoms with Gasteiger partial charge in [0.05, 0.1) is 5.69 Å². The summed E-state index contributed by atoms with van der Waals surface area (Å²) in [6, 6.07) is 9.88. The van der Waals surface area contributed by atoms with Crippen LogP contribution in [0.15, 0.2) is 35.7 Å². The van der Waals surface area contributed by atoms with Crippen molar-refractivity contribution in [1.82, 2.24) is 5.32 Å². The van der Waals surface area contributed by atoms with E-state index in [1.54, 1.807) is 11.3 Å². The predicted molar refractivity (Wildman–Crippen MR) is 85.3 cm³/mol. The van der Waals surface area contributed by atoms with Crippen LogP contribution < -0.4 is 10.6 Å². The smallest absolute Gasteiger partial charge is 0.221 e. The highest BCUT2D eigenvalue weighted by Gasteiger charge is 2.11. The van der Waals surface area contributed by atoms with E-state index in [0.29, 0.717) is 6.54 Å². The van der Waals surface area contributed by atoms with Gasteiger partial charge in [-0.05, 0) is 30.0 Å². The molecule has 2 aromatic rings.